The Balaban J connectivity index is -0.000000406. The van der Waals surface area contributed by atoms with Crippen LogP contribution in [0.5, 0.6) is 0 Å². The van der Waals surface area contributed by atoms with Crippen molar-refractivity contribution in [2.45, 2.75) is 70.4 Å². The van der Waals surface area contributed by atoms with Crippen LogP contribution < -0.4 is 0 Å². The van der Waals surface area contributed by atoms with Gasteiger partial charge in [0.2, 0.25) is 6.10 Å². The van der Waals surface area contributed by atoms with Gasteiger partial charge in [-0.05, 0) is 19.8 Å². The monoisotopic (exact) mass is 1110 g/mol. The van der Waals surface area contributed by atoms with Crippen LogP contribution in [0, 0.1) is 64.1 Å². The lowest BCUT2D eigenvalue weighted by Crippen LogP contribution is -2.56. The molecule has 4 rings (SSSR count). The lowest BCUT2D eigenvalue weighted by molar-refractivity contribution is -0.191. The van der Waals surface area contributed by atoms with Gasteiger partial charge in [0.15, 0.2) is 0 Å². The van der Waals surface area contributed by atoms with Gasteiger partial charge in [-0.15, -0.1) is 0 Å². The average molecular weight is 1110 g/mol. The van der Waals surface area contributed by atoms with Crippen LogP contribution in [0.2, 0.25) is 0 Å². The van der Waals surface area contributed by atoms with Crippen LogP contribution in [0.25, 0.3) is 0 Å². The van der Waals surface area contributed by atoms with Gasteiger partial charge in [0, 0.05) is 111 Å². The molecule has 29 heteroatoms. The molecule has 3 aliphatic heterocycles. The first-order valence-electron chi connectivity index (χ1n) is 23.9. The molecular weight excluding hydrogens is 1020 g/mol. The summed E-state index contributed by atoms with van der Waals surface area (Å²) in [5.74, 6) is -8.28. The van der Waals surface area contributed by atoms with E-state index in [9.17, 15) is 60.3 Å². The van der Waals surface area contributed by atoms with Crippen molar-refractivity contribution in [3.8, 4) is 0 Å². The van der Waals surface area contributed by atoms with Gasteiger partial charge in [0.1, 0.15) is 12.5 Å². The molecule has 6 unspecified atom stereocenters. The van der Waals surface area contributed by atoms with Gasteiger partial charge in [0.25, 0.3) is 0 Å². The lowest BCUT2D eigenvalue weighted by Gasteiger charge is -2.49. The highest BCUT2D eigenvalue weighted by atomic mass is 16.6. The SMILES string of the molecule is CC(CO)(CO)C(CO)C(CO)(CO)C(CO)CO.CC1CO1.O=C(O)CC(CC(=O)O)C(=O)O.O=C=O.OCC(CO)C(CO)(CO)C(CO)CO.OCC(CO)CO.OCCCO.[CH+]1CC(C2CO2)CC2OC12. The zero-order valence-electron chi connectivity index (χ0n) is 42.8. The van der Waals surface area contributed by atoms with Crippen molar-refractivity contribution < 1.29 is 145 Å². The molecule has 0 bridgehead atoms. The molecule has 446 valence electrons. The van der Waals surface area contributed by atoms with E-state index in [1.54, 1.807) is 0 Å². The van der Waals surface area contributed by atoms with Crippen LogP contribution in [0.3, 0.4) is 0 Å². The summed E-state index contributed by atoms with van der Waals surface area (Å²) in [5, 5.41) is 186. The van der Waals surface area contributed by atoms with Gasteiger partial charge >= 0.3 is 24.1 Å². The second kappa shape index (κ2) is 45.8. The summed E-state index contributed by atoms with van der Waals surface area (Å²) in [4.78, 5) is 46.6. The fourth-order valence-corrected chi connectivity index (χ4v) is 7.24. The van der Waals surface area contributed by atoms with E-state index in [1.807, 2.05) is 0 Å². The minimum absolute atomic E-state index is 0.0938. The highest BCUT2D eigenvalue weighted by molar-refractivity contribution is 5.82. The molecule has 29 nitrogen and oxygen atoms in total. The number of aliphatic carboxylic acids is 3. The van der Waals surface area contributed by atoms with E-state index in [0.717, 1.165) is 19.1 Å². The van der Waals surface area contributed by atoms with Crippen molar-refractivity contribution >= 4 is 24.1 Å². The Morgan fingerprint density at radius 3 is 1.12 bits per heavy atom. The van der Waals surface area contributed by atoms with Crippen LogP contribution >= 0.6 is 0 Å². The van der Waals surface area contributed by atoms with Crippen LogP contribution in [-0.4, -0.2) is 288 Å². The highest BCUT2D eigenvalue weighted by Gasteiger charge is 2.55. The molecule has 4 aliphatic rings. The molecule has 1 aliphatic carbocycles. The summed E-state index contributed by atoms with van der Waals surface area (Å²) in [6.07, 6.45) is 6.45. The minimum atomic E-state index is -1.40. The van der Waals surface area contributed by atoms with Gasteiger partial charge in [-0.2, -0.15) is 9.59 Å². The number of ether oxygens (including phenoxy) is 3. The topological polar surface area (TPSA) is 548 Å². The lowest BCUT2D eigenvalue weighted by atomic mass is 9.58. The number of carbonyl (C=O) groups excluding carboxylic acids is 2. The summed E-state index contributed by atoms with van der Waals surface area (Å²) in [6, 6.07) is 0. The molecule has 0 aromatic carbocycles. The number of hydrogen-bond acceptors (Lipinski definition) is 26. The maximum Gasteiger partial charge on any atom is 0.373 e. The smallest absolute Gasteiger partial charge is 0.373 e. The number of carboxylic acids is 3. The minimum Gasteiger partial charge on any atom is -0.481 e. The van der Waals surface area contributed by atoms with E-state index in [-0.39, 0.29) is 45.1 Å². The molecule has 6 atom stereocenters. The molecule has 75 heavy (non-hydrogen) atoms. The Bertz CT molecular complexity index is 1360. The van der Waals surface area contributed by atoms with Crippen LogP contribution in [0.4, 0.5) is 0 Å². The summed E-state index contributed by atoms with van der Waals surface area (Å²) in [5.41, 5.74) is -3.84. The Hall–Kier alpha value is -3.18. The van der Waals surface area contributed by atoms with Crippen molar-refractivity contribution in [1.82, 2.24) is 0 Å². The Morgan fingerprint density at radius 2 is 0.920 bits per heavy atom. The van der Waals surface area contributed by atoms with E-state index < -0.39 is 162 Å². The summed E-state index contributed by atoms with van der Waals surface area (Å²) >= 11 is 0. The number of aliphatic hydroxyl groups is 18. The Kier molecular flexibility index (Phi) is 47.8. The third kappa shape index (κ3) is 31.1. The number of rotatable bonds is 29. The van der Waals surface area contributed by atoms with Crippen molar-refractivity contribution in [2.75, 3.05) is 132 Å². The summed E-state index contributed by atoms with van der Waals surface area (Å²) in [7, 11) is 0. The van der Waals surface area contributed by atoms with Crippen molar-refractivity contribution in [3.63, 3.8) is 0 Å². The molecule has 4 fully saturated rings. The van der Waals surface area contributed by atoms with Crippen LogP contribution in [-0.2, 0) is 38.2 Å². The molecule has 0 amide bonds. The molecule has 3 heterocycles. The Morgan fingerprint density at radius 1 is 0.560 bits per heavy atom. The van der Waals surface area contributed by atoms with E-state index in [4.69, 9.17) is 85.1 Å². The van der Waals surface area contributed by atoms with Crippen LogP contribution in [0.1, 0.15) is 46.0 Å². The molecule has 1 saturated carbocycles. The number of aliphatic hydroxyl groups excluding tert-OH is 18. The number of carboxylic acid groups (broad SMARTS) is 3. The van der Waals surface area contributed by atoms with Gasteiger partial charge < -0.3 is 121 Å². The molecule has 0 radical (unpaired) electrons. The van der Waals surface area contributed by atoms with E-state index >= 15 is 0 Å². The second-order valence-electron chi connectivity index (χ2n) is 18.1. The number of fused-ring (bicyclic) bond motifs is 1. The normalized spacial score (nSPS) is 19.2. The fourth-order valence-electron chi connectivity index (χ4n) is 7.24. The molecule has 21 N–H and O–H groups in total. The third-order valence-electron chi connectivity index (χ3n) is 12.9. The van der Waals surface area contributed by atoms with E-state index in [2.05, 4.69) is 13.3 Å². The standard InChI is InChI=1S/C12H26O7.C9H20O6.C8H11O2.C6H8O6.C4H10O3.C3H8O2.C3H6O.CO2/c1-11(5-16,6-17)10(4-15)12(7-18,8-19)9(2-13)3-14;10-1-7(2-11)9(5-14,6-15)8(3-12)4-13;1-2-6-7(10-6)3-5(1)8-4-9-8;7-4(8)1-3(6(11)12)2-5(9)10;5-1-4(2-6)3-7;4-2-1-3-5;1-3-2-4-3;2-1-3/h9-10,13-19H,2-8H2,1H3;7-8,10-15H,1-6H2;2,5-8H,1,3-4H2;3H,1-2H2,(H,7,8)(H,9,10)(H,11,12);4-7H,1-3H2;4-5H,1-3H2;3H,2H2,1H3;/q;;+1;;;;;. The number of hydrogen-bond donors (Lipinski definition) is 21. The van der Waals surface area contributed by atoms with Gasteiger partial charge in [-0.1, -0.05) is 6.92 Å². The summed E-state index contributed by atoms with van der Waals surface area (Å²) < 4.78 is 15.3. The summed E-state index contributed by atoms with van der Waals surface area (Å²) in [6.45, 7) is -1.17. The quantitative estimate of drug-likeness (QED) is 0.0244. The first kappa shape index (κ1) is 78.3. The first-order valence-corrected chi connectivity index (χ1v) is 23.9. The van der Waals surface area contributed by atoms with Gasteiger partial charge in [-0.25, -0.2) is 0 Å². The average Bonchev–Trinajstić information content (AvgIpc) is 4.28. The molecule has 3 saturated heterocycles. The number of epoxide rings is 3. The number of carbonyl (C=O) groups is 3. The fraction of sp³-hybridized carbons (Fsp3) is 0.891. The first-order chi connectivity index (χ1) is 35.5. The zero-order valence-corrected chi connectivity index (χ0v) is 42.8. The molecular formula is C46H89O29+. The molecule has 0 spiro atoms. The highest BCUT2D eigenvalue weighted by Crippen LogP contribution is 2.45. The van der Waals surface area contributed by atoms with E-state index in [1.165, 1.54) is 19.8 Å². The predicted octanol–water partition coefficient (Wildman–Crippen LogP) is -7.52. The van der Waals surface area contributed by atoms with Crippen molar-refractivity contribution in [3.05, 3.63) is 6.42 Å². The Labute approximate surface area is 435 Å². The third-order valence-corrected chi connectivity index (χ3v) is 12.9. The second-order valence-corrected chi connectivity index (χ2v) is 18.1. The van der Waals surface area contributed by atoms with Crippen molar-refractivity contribution in [1.29, 1.82) is 0 Å². The maximum absolute atomic E-state index is 10.2. The van der Waals surface area contributed by atoms with Crippen LogP contribution in [0.15, 0.2) is 0 Å². The van der Waals surface area contributed by atoms with Gasteiger partial charge in [-0.3, -0.25) is 14.4 Å². The molecule has 0 aromatic heterocycles. The largest absolute Gasteiger partial charge is 0.481 e. The maximum atomic E-state index is 10.2. The van der Waals surface area contributed by atoms with Crippen molar-refractivity contribution in [2.24, 2.45) is 57.7 Å². The van der Waals surface area contributed by atoms with E-state index in [0.29, 0.717) is 30.8 Å². The zero-order chi connectivity index (χ0) is 58.8. The van der Waals surface area contributed by atoms with Gasteiger partial charge in [0.05, 0.1) is 110 Å². The molecule has 0 aromatic rings. The predicted molar refractivity (Wildman–Crippen MR) is 254 cm³/mol.